The predicted octanol–water partition coefficient (Wildman–Crippen LogP) is 4.22. The van der Waals surface area contributed by atoms with Gasteiger partial charge >= 0.3 is 0 Å². The first-order valence-electron chi connectivity index (χ1n) is 14.6. The maximum absolute atomic E-state index is 11.8. The van der Waals surface area contributed by atoms with Crippen LogP contribution in [0.25, 0.3) is 33.3 Å². The molecule has 2 aromatic carbocycles. The number of benzene rings is 2. The SMILES string of the molecule is NC(=O)C1CCCN(C2CCC(n3nc(-c4ccc5nc(Cc6ccccc6)[nH]c5c4)c4c(N)ncnc43)CC2)C1. The number of H-pyrrole nitrogens is 1. The molecule has 1 saturated heterocycles. The summed E-state index contributed by atoms with van der Waals surface area (Å²) in [5, 5.41) is 5.91. The fraction of sp³-hybridized carbons (Fsp3) is 0.387. The first-order chi connectivity index (χ1) is 20.0. The molecule has 1 atom stereocenters. The topological polar surface area (TPSA) is 145 Å². The number of anilines is 1. The summed E-state index contributed by atoms with van der Waals surface area (Å²) in [5.74, 6) is 1.16. The highest BCUT2D eigenvalue weighted by Crippen LogP contribution is 2.38. The minimum absolute atomic E-state index is 0.0274. The number of nitrogens with zero attached hydrogens (tertiary/aromatic N) is 6. The van der Waals surface area contributed by atoms with E-state index in [2.05, 4.69) is 48.8 Å². The normalized spacial score (nSPS) is 21.9. The van der Waals surface area contributed by atoms with Crippen LogP contribution in [0.5, 0.6) is 0 Å². The van der Waals surface area contributed by atoms with Gasteiger partial charge in [-0.05, 0) is 62.8 Å². The zero-order chi connectivity index (χ0) is 27.9. The van der Waals surface area contributed by atoms with E-state index in [1.54, 1.807) is 0 Å². The van der Waals surface area contributed by atoms with Crippen LogP contribution in [0.1, 0.15) is 56.0 Å². The maximum Gasteiger partial charge on any atom is 0.221 e. The molecule has 0 radical (unpaired) electrons. The van der Waals surface area contributed by atoms with Crippen molar-refractivity contribution in [3.8, 4) is 11.3 Å². The van der Waals surface area contributed by atoms with E-state index in [9.17, 15) is 4.79 Å². The van der Waals surface area contributed by atoms with E-state index < -0.39 is 0 Å². The van der Waals surface area contributed by atoms with Crippen molar-refractivity contribution in [3.05, 3.63) is 66.2 Å². The number of nitrogens with one attached hydrogen (secondary N) is 1. The maximum atomic E-state index is 11.8. The second-order valence-corrected chi connectivity index (χ2v) is 11.5. The molecule has 10 nitrogen and oxygen atoms in total. The van der Waals surface area contributed by atoms with Crippen LogP contribution in [0.15, 0.2) is 54.9 Å². The van der Waals surface area contributed by atoms with Crippen molar-refractivity contribution in [1.82, 2.24) is 34.6 Å². The van der Waals surface area contributed by atoms with E-state index in [1.807, 2.05) is 24.3 Å². The average molecular weight is 550 g/mol. The molecule has 3 aromatic heterocycles. The summed E-state index contributed by atoms with van der Waals surface area (Å²) < 4.78 is 2.07. The fourth-order valence-corrected chi connectivity index (χ4v) is 6.77. The minimum atomic E-state index is -0.170. The van der Waals surface area contributed by atoms with Gasteiger partial charge in [0.1, 0.15) is 23.7 Å². The number of rotatable bonds is 6. The van der Waals surface area contributed by atoms with Crippen LogP contribution in [-0.4, -0.2) is 59.7 Å². The van der Waals surface area contributed by atoms with Crippen LogP contribution in [0.4, 0.5) is 5.82 Å². The summed E-state index contributed by atoms with van der Waals surface area (Å²) in [4.78, 5) is 31.5. The third-order valence-corrected chi connectivity index (χ3v) is 8.92. The molecule has 5 aromatic rings. The number of hydrogen-bond donors (Lipinski definition) is 3. The van der Waals surface area contributed by atoms with Crippen molar-refractivity contribution < 1.29 is 4.79 Å². The Kier molecular flexibility index (Phi) is 6.62. The van der Waals surface area contributed by atoms with Gasteiger partial charge in [0.2, 0.25) is 5.91 Å². The summed E-state index contributed by atoms with van der Waals surface area (Å²) in [6.07, 6.45) is 8.29. The van der Waals surface area contributed by atoms with Gasteiger partial charge in [-0.3, -0.25) is 9.69 Å². The Morgan fingerprint density at radius 3 is 2.61 bits per heavy atom. The third kappa shape index (κ3) is 4.93. The van der Waals surface area contributed by atoms with Crippen LogP contribution >= 0.6 is 0 Å². The van der Waals surface area contributed by atoms with Crippen molar-refractivity contribution >= 4 is 33.8 Å². The van der Waals surface area contributed by atoms with Crippen molar-refractivity contribution in [2.75, 3.05) is 18.8 Å². The molecule has 5 N–H and O–H groups in total. The molecule has 1 saturated carbocycles. The molecule has 1 aliphatic carbocycles. The molecule has 1 aliphatic heterocycles. The summed E-state index contributed by atoms with van der Waals surface area (Å²) in [6, 6.07) is 17.2. The molecule has 10 heteroatoms. The zero-order valence-electron chi connectivity index (χ0n) is 23.0. The monoisotopic (exact) mass is 549 g/mol. The summed E-state index contributed by atoms with van der Waals surface area (Å²) in [6.45, 7) is 1.83. The van der Waals surface area contributed by atoms with Gasteiger partial charge in [0.05, 0.1) is 28.4 Å². The highest BCUT2D eigenvalue weighted by Gasteiger charge is 2.33. The van der Waals surface area contributed by atoms with E-state index in [1.165, 1.54) is 11.9 Å². The number of primary amides is 1. The van der Waals surface area contributed by atoms with Gasteiger partial charge in [-0.25, -0.2) is 19.6 Å². The van der Waals surface area contributed by atoms with Crippen molar-refractivity contribution in [1.29, 1.82) is 0 Å². The highest BCUT2D eigenvalue weighted by molar-refractivity contribution is 5.99. The number of aromatic nitrogens is 6. The molecule has 1 unspecified atom stereocenters. The Morgan fingerprint density at radius 1 is 1.00 bits per heavy atom. The van der Waals surface area contributed by atoms with Gasteiger partial charge in [0.25, 0.3) is 0 Å². The van der Waals surface area contributed by atoms with Crippen molar-refractivity contribution in [2.45, 2.75) is 57.0 Å². The lowest BCUT2D eigenvalue weighted by Crippen LogP contribution is -2.47. The van der Waals surface area contributed by atoms with Crippen LogP contribution < -0.4 is 11.5 Å². The average Bonchev–Trinajstić information content (AvgIpc) is 3.59. The van der Waals surface area contributed by atoms with Crippen LogP contribution in [0.3, 0.4) is 0 Å². The van der Waals surface area contributed by atoms with Crippen LogP contribution in [0, 0.1) is 5.92 Å². The Morgan fingerprint density at radius 2 is 1.80 bits per heavy atom. The second kappa shape index (κ2) is 10.6. The van der Waals surface area contributed by atoms with E-state index in [4.69, 9.17) is 21.5 Å². The molecule has 2 aliphatic rings. The highest BCUT2D eigenvalue weighted by atomic mass is 16.1. The molecule has 4 heterocycles. The van der Waals surface area contributed by atoms with Crippen LogP contribution in [0.2, 0.25) is 0 Å². The zero-order valence-corrected chi connectivity index (χ0v) is 23.0. The number of fused-ring (bicyclic) bond motifs is 2. The van der Waals surface area contributed by atoms with Gasteiger partial charge in [-0.2, -0.15) is 5.10 Å². The lowest BCUT2D eigenvalue weighted by atomic mass is 9.87. The number of amides is 1. The Balaban J connectivity index is 1.15. The number of carbonyl (C=O) groups excluding carboxylic acids is 1. The summed E-state index contributed by atoms with van der Waals surface area (Å²) in [5.41, 5.74) is 17.7. The largest absolute Gasteiger partial charge is 0.383 e. The molecule has 210 valence electrons. The number of imidazole rings is 1. The number of nitrogens with two attached hydrogens (primary N) is 2. The first kappa shape index (κ1) is 25.6. The van der Waals surface area contributed by atoms with E-state index in [0.717, 1.165) is 97.2 Å². The molecular formula is C31H35N9O. The Bertz CT molecular complexity index is 1700. The predicted molar refractivity (Wildman–Crippen MR) is 159 cm³/mol. The third-order valence-electron chi connectivity index (χ3n) is 8.92. The standard InChI is InChI=1S/C31H35N9O/c32-29-27-28(20-8-13-24-25(16-20)37-26(36-24)15-19-5-2-1-3-6-19)38-40(31(27)35-18-34-29)23-11-9-22(10-12-23)39-14-4-7-21(17-39)30(33)41/h1-3,5-6,8,13,16,18,21-23H,4,7,9-12,14-15,17H2,(H2,33,41)(H,36,37)(H2,32,34,35). The Hall–Kier alpha value is -4.31. The molecule has 0 bridgehead atoms. The molecule has 1 amide bonds. The minimum Gasteiger partial charge on any atom is -0.383 e. The van der Waals surface area contributed by atoms with E-state index in [-0.39, 0.29) is 17.9 Å². The quantitative estimate of drug-likeness (QED) is 0.287. The molecule has 2 fully saturated rings. The second-order valence-electron chi connectivity index (χ2n) is 11.5. The van der Waals surface area contributed by atoms with Gasteiger partial charge in [0.15, 0.2) is 5.65 Å². The number of carbonyl (C=O) groups is 1. The first-order valence-corrected chi connectivity index (χ1v) is 14.6. The van der Waals surface area contributed by atoms with E-state index in [0.29, 0.717) is 11.9 Å². The van der Waals surface area contributed by atoms with Gasteiger partial charge in [0, 0.05) is 24.6 Å². The molecule has 0 spiro atoms. The van der Waals surface area contributed by atoms with Crippen molar-refractivity contribution in [2.24, 2.45) is 11.7 Å². The molecule has 41 heavy (non-hydrogen) atoms. The number of nitrogen functional groups attached to an aromatic ring is 1. The molecule has 7 rings (SSSR count). The number of piperidine rings is 1. The van der Waals surface area contributed by atoms with Crippen molar-refractivity contribution in [3.63, 3.8) is 0 Å². The summed E-state index contributed by atoms with van der Waals surface area (Å²) in [7, 11) is 0. The van der Waals surface area contributed by atoms with Gasteiger partial charge < -0.3 is 16.5 Å². The number of aromatic amines is 1. The lowest BCUT2D eigenvalue weighted by Gasteiger charge is -2.40. The summed E-state index contributed by atoms with van der Waals surface area (Å²) >= 11 is 0. The Labute approximate surface area is 238 Å². The van der Waals surface area contributed by atoms with Crippen LogP contribution in [-0.2, 0) is 11.2 Å². The number of likely N-dealkylation sites (tertiary alicyclic amines) is 1. The smallest absolute Gasteiger partial charge is 0.221 e. The lowest BCUT2D eigenvalue weighted by molar-refractivity contribution is -0.123. The fourth-order valence-electron chi connectivity index (χ4n) is 6.77. The van der Waals surface area contributed by atoms with Gasteiger partial charge in [-0.15, -0.1) is 0 Å². The van der Waals surface area contributed by atoms with E-state index >= 15 is 0 Å². The van der Waals surface area contributed by atoms with Gasteiger partial charge in [-0.1, -0.05) is 36.4 Å². The molecular weight excluding hydrogens is 514 g/mol. The number of hydrogen-bond acceptors (Lipinski definition) is 7.